The van der Waals surface area contributed by atoms with Gasteiger partial charge in [-0.2, -0.15) is 5.10 Å². The van der Waals surface area contributed by atoms with Crippen LogP contribution < -0.4 is 15.4 Å². The maximum atomic E-state index is 13.3. The largest absolute Gasteiger partial charge is 0.497 e. The lowest BCUT2D eigenvalue weighted by molar-refractivity contribution is -0.117. The molecule has 0 atom stereocenters. The third kappa shape index (κ3) is 5.24. The second-order valence-electron chi connectivity index (χ2n) is 8.55. The van der Waals surface area contributed by atoms with Crippen LogP contribution in [0.5, 0.6) is 5.75 Å². The molecular formula is C28H26N4O3. The number of anilines is 1. The molecule has 0 bridgehead atoms. The second kappa shape index (κ2) is 9.85. The Kier molecular flexibility index (Phi) is 6.30. The third-order valence-corrected chi connectivity index (χ3v) is 5.95. The van der Waals surface area contributed by atoms with Crippen molar-refractivity contribution in [3.8, 4) is 22.7 Å². The Morgan fingerprint density at radius 3 is 2.49 bits per heavy atom. The number of benzene rings is 3. The van der Waals surface area contributed by atoms with E-state index in [1.54, 1.807) is 18.0 Å². The SMILES string of the molecule is COc1cccc(-c2nn(-c3ccccc3)cc2C(=O)NCc2ccc(NC(=O)C3CC3)cc2)c1. The van der Waals surface area contributed by atoms with Gasteiger partial charge in [-0.1, -0.05) is 42.5 Å². The molecule has 5 rings (SSSR count). The van der Waals surface area contributed by atoms with Crippen LogP contribution in [0.15, 0.2) is 85.1 Å². The zero-order valence-electron chi connectivity index (χ0n) is 19.4. The van der Waals surface area contributed by atoms with Crippen LogP contribution in [0.1, 0.15) is 28.8 Å². The quantitative estimate of drug-likeness (QED) is 0.390. The molecule has 7 heteroatoms. The van der Waals surface area contributed by atoms with Gasteiger partial charge < -0.3 is 15.4 Å². The lowest BCUT2D eigenvalue weighted by atomic mass is 10.1. The van der Waals surface area contributed by atoms with Crippen molar-refractivity contribution in [3.05, 3.63) is 96.2 Å². The first kappa shape index (κ1) is 22.4. The van der Waals surface area contributed by atoms with E-state index in [1.165, 1.54) is 0 Å². The number of carbonyl (C=O) groups is 2. The van der Waals surface area contributed by atoms with Gasteiger partial charge in [-0.05, 0) is 54.8 Å². The smallest absolute Gasteiger partial charge is 0.255 e. The van der Waals surface area contributed by atoms with Crippen molar-refractivity contribution in [1.82, 2.24) is 15.1 Å². The predicted molar refractivity (Wildman–Crippen MR) is 135 cm³/mol. The highest BCUT2D eigenvalue weighted by molar-refractivity contribution is 6.00. The summed E-state index contributed by atoms with van der Waals surface area (Å²) in [6, 6.07) is 24.7. The lowest BCUT2D eigenvalue weighted by Gasteiger charge is -2.08. The summed E-state index contributed by atoms with van der Waals surface area (Å²) in [5, 5.41) is 10.6. The number of nitrogens with one attached hydrogen (secondary N) is 2. The molecule has 1 heterocycles. The summed E-state index contributed by atoms with van der Waals surface area (Å²) in [5.74, 6) is 0.698. The molecule has 2 amide bonds. The summed E-state index contributed by atoms with van der Waals surface area (Å²) in [6.07, 6.45) is 3.68. The van der Waals surface area contributed by atoms with Gasteiger partial charge in [0, 0.05) is 29.9 Å². The molecule has 0 aliphatic heterocycles. The van der Waals surface area contributed by atoms with E-state index >= 15 is 0 Å². The van der Waals surface area contributed by atoms with E-state index in [1.807, 2.05) is 78.9 Å². The molecule has 35 heavy (non-hydrogen) atoms. The van der Waals surface area contributed by atoms with Crippen molar-refractivity contribution in [2.24, 2.45) is 5.92 Å². The molecule has 1 fully saturated rings. The maximum Gasteiger partial charge on any atom is 0.255 e. The summed E-state index contributed by atoms with van der Waals surface area (Å²) in [4.78, 5) is 25.2. The van der Waals surface area contributed by atoms with Crippen LogP contribution in [0, 0.1) is 5.92 Å². The van der Waals surface area contributed by atoms with Crippen molar-refractivity contribution >= 4 is 17.5 Å². The summed E-state index contributed by atoms with van der Waals surface area (Å²) >= 11 is 0. The van der Waals surface area contributed by atoms with Crippen molar-refractivity contribution in [1.29, 1.82) is 0 Å². The van der Waals surface area contributed by atoms with E-state index in [-0.39, 0.29) is 17.7 Å². The van der Waals surface area contributed by atoms with Crippen LogP contribution in [0.4, 0.5) is 5.69 Å². The normalized spacial score (nSPS) is 12.7. The number of ether oxygens (including phenoxy) is 1. The van der Waals surface area contributed by atoms with Crippen molar-refractivity contribution in [2.75, 3.05) is 12.4 Å². The molecule has 0 saturated heterocycles. The van der Waals surface area contributed by atoms with Gasteiger partial charge in [0.05, 0.1) is 18.4 Å². The summed E-state index contributed by atoms with van der Waals surface area (Å²) in [6.45, 7) is 0.351. The van der Waals surface area contributed by atoms with Crippen LogP contribution in [-0.2, 0) is 11.3 Å². The van der Waals surface area contributed by atoms with Gasteiger partial charge >= 0.3 is 0 Å². The highest BCUT2D eigenvalue weighted by Gasteiger charge is 2.29. The Balaban J connectivity index is 1.35. The van der Waals surface area contributed by atoms with Gasteiger partial charge in [-0.25, -0.2) is 4.68 Å². The minimum atomic E-state index is -0.226. The summed E-state index contributed by atoms with van der Waals surface area (Å²) < 4.78 is 7.07. The van der Waals surface area contributed by atoms with E-state index < -0.39 is 0 Å². The molecule has 1 saturated carbocycles. The molecule has 1 aliphatic rings. The van der Waals surface area contributed by atoms with Gasteiger partial charge in [0.2, 0.25) is 5.91 Å². The second-order valence-corrected chi connectivity index (χ2v) is 8.55. The fourth-order valence-electron chi connectivity index (χ4n) is 3.81. The minimum absolute atomic E-state index is 0.0755. The number of methoxy groups -OCH3 is 1. The number of hydrogen-bond acceptors (Lipinski definition) is 4. The number of amides is 2. The molecule has 3 aromatic carbocycles. The van der Waals surface area contributed by atoms with Gasteiger partial charge in [0.25, 0.3) is 5.91 Å². The fraction of sp³-hybridized carbons (Fsp3) is 0.179. The van der Waals surface area contributed by atoms with Crippen molar-refractivity contribution in [3.63, 3.8) is 0 Å². The average Bonchev–Trinajstić information content (AvgIpc) is 3.67. The van der Waals surface area contributed by atoms with Crippen LogP contribution >= 0.6 is 0 Å². The molecular weight excluding hydrogens is 440 g/mol. The molecule has 0 radical (unpaired) electrons. The number of nitrogens with zero attached hydrogens (tertiary/aromatic N) is 2. The van der Waals surface area contributed by atoms with E-state index in [0.717, 1.165) is 35.3 Å². The Hall–Kier alpha value is -4.39. The Morgan fingerprint density at radius 2 is 1.77 bits per heavy atom. The number of carbonyl (C=O) groups excluding carboxylic acids is 2. The highest BCUT2D eigenvalue weighted by Crippen LogP contribution is 2.30. The molecule has 7 nitrogen and oxygen atoms in total. The van der Waals surface area contributed by atoms with E-state index in [0.29, 0.717) is 23.6 Å². The molecule has 2 N–H and O–H groups in total. The first-order chi connectivity index (χ1) is 17.1. The van der Waals surface area contributed by atoms with E-state index in [2.05, 4.69) is 10.6 Å². The minimum Gasteiger partial charge on any atom is -0.497 e. The first-order valence-electron chi connectivity index (χ1n) is 11.6. The van der Waals surface area contributed by atoms with E-state index in [4.69, 9.17) is 9.84 Å². The lowest BCUT2D eigenvalue weighted by Crippen LogP contribution is -2.23. The predicted octanol–water partition coefficient (Wildman–Crippen LogP) is 4.83. The van der Waals surface area contributed by atoms with Crippen LogP contribution in [0.25, 0.3) is 16.9 Å². The third-order valence-electron chi connectivity index (χ3n) is 5.95. The Bertz CT molecular complexity index is 1340. The Labute approximate surface area is 203 Å². The maximum absolute atomic E-state index is 13.3. The summed E-state index contributed by atoms with van der Waals surface area (Å²) in [7, 11) is 1.61. The molecule has 0 unspecified atom stereocenters. The molecule has 1 aromatic heterocycles. The first-order valence-corrected chi connectivity index (χ1v) is 11.6. The molecule has 4 aromatic rings. The van der Waals surface area contributed by atoms with Gasteiger partial charge in [0.15, 0.2) is 0 Å². The number of rotatable bonds is 8. The van der Waals surface area contributed by atoms with Gasteiger partial charge in [-0.3, -0.25) is 9.59 Å². The number of aromatic nitrogens is 2. The number of hydrogen-bond donors (Lipinski definition) is 2. The standard InChI is InChI=1S/C28H26N4O3/c1-35-24-9-5-6-21(16-24)26-25(18-32(31-26)23-7-3-2-4-8-23)28(34)29-17-19-10-14-22(15-11-19)30-27(33)20-12-13-20/h2-11,14-16,18,20H,12-13,17H2,1H3,(H,29,34)(H,30,33). The average molecular weight is 467 g/mol. The van der Waals surface area contributed by atoms with E-state index in [9.17, 15) is 9.59 Å². The highest BCUT2D eigenvalue weighted by atomic mass is 16.5. The zero-order chi connectivity index (χ0) is 24.2. The fourth-order valence-corrected chi connectivity index (χ4v) is 3.81. The summed E-state index contributed by atoms with van der Waals surface area (Å²) in [5.41, 5.74) is 4.39. The molecule has 176 valence electrons. The topological polar surface area (TPSA) is 85.2 Å². The Morgan fingerprint density at radius 1 is 1.00 bits per heavy atom. The van der Waals surface area contributed by atoms with Crippen molar-refractivity contribution in [2.45, 2.75) is 19.4 Å². The zero-order valence-corrected chi connectivity index (χ0v) is 19.4. The monoisotopic (exact) mass is 466 g/mol. The van der Waals surface area contributed by atoms with Crippen molar-refractivity contribution < 1.29 is 14.3 Å². The number of para-hydroxylation sites is 1. The van der Waals surface area contributed by atoms with Crippen LogP contribution in [0.3, 0.4) is 0 Å². The van der Waals surface area contributed by atoms with Crippen LogP contribution in [0.2, 0.25) is 0 Å². The molecule has 1 aliphatic carbocycles. The van der Waals surface area contributed by atoms with Crippen LogP contribution in [-0.4, -0.2) is 28.7 Å². The van der Waals surface area contributed by atoms with Gasteiger partial charge in [-0.15, -0.1) is 0 Å². The molecule has 0 spiro atoms. The van der Waals surface area contributed by atoms with Gasteiger partial charge in [0.1, 0.15) is 11.4 Å².